The lowest BCUT2D eigenvalue weighted by atomic mass is 10.1. The quantitative estimate of drug-likeness (QED) is 0.214. The summed E-state index contributed by atoms with van der Waals surface area (Å²) in [5.41, 5.74) is 1.59. The first-order chi connectivity index (χ1) is 19.0. The molecule has 0 aliphatic heterocycles. The second-order valence-corrected chi connectivity index (χ2v) is 10.7. The fourth-order valence-electron chi connectivity index (χ4n) is 4.13. The summed E-state index contributed by atoms with van der Waals surface area (Å²) in [4.78, 5) is 33.4. The number of carbonyl (C=O) groups excluding carboxylic acids is 2. The Balaban J connectivity index is 1.37. The summed E-state index contributed by atoms with van der Waals surface area (Å²) in [5.74, 6) is -0.987. The Bertz CT molecular complexity index is 1730. The van der Waals surface area contributed by atoms with Crippen molar-refractivity contribution in [2.24, 2.45) is 0 Å². The minimum Gasteiger partial charge on any atom is -0.319 e. The Morgan fingerprint density at radius 2 is 1.77 bits per heavy atom. The van der Waals surface area contributed by atoms with E-state index in [4.69, 9.17) is 0 Å². The van der Waals surface area contributed by atoms with E-state index in [0.29, 0.717) is 38.8 Å². The third-order valence-corrected chi connectivity index (χ3v) is 7.31. The molecule has 3 aromatic heterocycles. The zero-order valence-corrected chi connectivity index (χ0v) is 23.4. The van der Waals surface area contributed by atoms with Crippen LogP contribution in [-0.4, -0.2) is 31.6 Å². The molecule has 0 saturated carbocycles. The number of fused-ring (bicyclic) bond motifs is 1. The van der Waals surface area contributed by atoms with E-state index in [1.165, 1.54) is 17.4 Å². The van der Waals surface area contributed by atoms with Gasteiger partial charge < -0.3 is 5.32 Å². The molecule has 5 rings (SSSR count). The number of halogens is 4. The van der Waals surface area contributed by atoms with E-state index >= 15 is 0 Å². The second-order valence-electron chi connectivity index (χ2n) is 8.86. The van der Waals surface area contributed by atoms with Gasteiger partial charge in [-0.2, -0.15) is 18.3 Å². The first kappa shape index (κ1) is 27.5. The summed E-state index contributed by atoms with van der Waals surface area (Å²) in [6, 6.07) is 12.3. The number of amides is 2. The van der Waals surface area contributed by atoms with Gasteiger partial charge in [-0.3, -0.25) is 19.6 Å². The van der Waals surface area contributed by atoms with Crippen LogP contribution in [0.4, 0.5) is 24.0 Å². The maximum atomic E-state index is 13.5. The van der Waals surface area contributed by atoms with Gasteiger partial charge in [0.05, 0.1) is 34.7 Å². The van der Waals surface area contributed by atoms with Crippen molar-refractivity contribution < 1.29 is 22.8 Å². The summed E-state index contributed by atoms with van der Waals surface area (Å²) >= 11 is 4.63. The van der Waals surface area contributed by atoms with Crippen LogP contribution < -0.4 is 10.6 Å². The largest absolute Gasteiger partial charge is 0.433 e. The fourth-order valence-corrected chi connectivity index (χ4v) is 5.02. The van der Waals surface area contributed by atoms with Crippen molar-refractivity contribution in [1.82, 2.24) is 19.7 Å². The number of pyridine rings is 1. The van der Waals surface area contributed by atoms with Crippen LogP contribution in [0.5, 0.6) is 0 Å². The SMILES string of the molecule is Cc1nn(Cc2ccc(C(=O)Nc3nccs3)cc2)c(C)c1NC(=O)c1cc(C(F)(F)F)nc2ccc(Br)cc12. The molecule has 2 N–H and O–H groups in total. The van der Waals surface area contributed by atoms with E-state index in [1.807, 2.05) is 0 Å². The summed E-state index contributed by atoms with van der Waals surface area (Å²) in [6.07, 6.45) is -3.11. The minimum atomic E-state index is -4.72. The van der Waals surface area contributed by atoms with Crippen LogP contribution in [0.2, 0.25) is 0 Å². The van der Waals surface area contributed by atoms with Crippen molar-refractivity contribution >= 4 is 60.8 Å². The van der Waals surface area contributed by atoms with Gasteiger partial charge >= 0.3 is 6.18 Å². The number of nitrogens with zero attached hydrogens (tertiary/aromatic N) is 4. The molecule has 0 saturated heterocycles. The molecular weight excluding hydrogens is 609 g/mol. The van der Waals surface area contributed by atoms with Crippen LogP contribution in [0, 0.1) is 13.8 Å². The zero-order chi connectivity index (χ0) is 28.6. The molecule has 2 amide bonds. The number of aryl methyl sites for hydroxylation is 1. The Labute approximate surface area is 238 Å². The van der Waals surface area contributed by atoms with Gasteiger partial charge in [0, 0.05) is 27.0 Å². The summed E-state index contributed by atoms with van der Waals surface area (Å²) in [7, 11) is 0. The number of rotatable bonds is 6. The first-order valence-electron chi connectivity index (χ1n) is 11.8. The van der Waals surface area contributed by atoms with Crippen LogP contribution >= 0.6 is 27.3 Å². The van der Waals surface area contributed by atoms with Gasteiger partial charge in [-0.15, -0.1) is 11.3 Å². The van der Waals surface area contributed by atoms with Gasteiger partial charge in [-0.1, -0.05) is 28.1 Å². The number of benzene rings is 2. The highest BCUT2D eigenvalue weighted by atomic mass is 79.9. The van der Waals surface area contributed by atoms with Gasteiger partial charge in [-0.05, 0) is 55.8 Å². The van der Waals surface area contributed by atoms with Crippen LogP contribution in [0.3, 0.4) is 0 Å². The predicted molar refractivity (Wildman–Crippen MR) is 150 cm³/mol. The molecule has 8 nitrogen and oxygen atoms in total. The molecule has 0 unspecified atom stereocenters. The maximum absolute atomic E-state index is 13.5. The Morgan fingerprint density at radius 1 is 1.02 bits per heavy atom. The molecule has 0 radical (unpaired) electrons. The lowest BCUT2D eigenvalue weighted by molar-refractivity contribution is -0.140. The number of alkyl halides is 3. The van der Waals surface area contributed by atoms with Crippen molar-refractivity contribution in [3.63, 3.8) is 0 Å². The number of thiazole rings is 1. The molecule has 0 aliphatic carbocycles. The lowest BCUT2D eigenvalue weighted by Crippen LogP contribution is -2.17. The molecule has 0 fully saturated rings. The number of carbonyl (C=O) groups is 2. The van der Waals surface area contributed by atoms with Crippen LogP contribution in [0.15, 0.2) is 64.6 Å². The lowest BCUT2D eigenvalue weighted by Gasteiger charge is -2.13. The Hall–Kier alpha value is -4.10. The van der Waals surface area contributed by atoms with Gasteiger partial charge in [0.15, 0.2) is 5.13 Å². The van der Waals surface area contributed by atoms with E-state index in [9.17, 15) is 22.8 Å². The average Bonchev–Trinajstić information content (AvgIpc) is 3.51. The summed E-state index contributed by atoms with van der Waals surface area (Å²) in [5, 5.41) is 12.5. The number of hydrogen-bond donors (Lipinski definition) is 2. The van der Waals surface area contributed by atoms with Gasteiger partial charge in [0.25, 0.3) is 11.8 Å². The van der Waals surface area contributed by atoms with E-state index in [0.717, 1.165) is 11.6 Å². The van der Waals surface area contributed by atoms with Crippen molar-refractivity contribution in [2.75, 3.05) is 10.6 Å². The van der Waals surface area contributed by atoms with Gasteiger partial charge in [0.1, 0.15) is 5.69 Å². The Morgan fingerprint density at radius 3 is 2.45 bits per heavy atom. The first-order valence-corrected chi connectivity index (χ1v) is 13.5. The molecule has 0 bridgehead atoms. The molecule has 204 valence electrons. The van der Waals surface area contributed by atoms with Gasteiger partial charge in [-0.25, -0.2) is 9.97 Å². The van der Waals surface area contributed by atoms with Gasteiger partial charge in [0.2, 0.25) is 0 Å². The van der Waals surface area contributed by atoms with Crippen LogP contribution in [-0.2, 0) is 12.7 Å². The minimum absolute atomic E-state index is 0.0519. The second kappa shape index (κ2) is 10.8. The topological polar surface area (TPSA) is 102 Å². The monoisotopic (exact) mass is 628 g/mol. The highest BCUT2D eigenvalue weighted by Crippen LogP contribution is 2.33. The molecule has 0 aliphatic rings. The summed E-state index contributed by atoms with van der Waals surface area (Å²) < 4.78 is 42.8. The number of hydrogen-bond acceptors (Lipinski definition) is 6. The number of aromatic nitrogens is 4. The molecule has 0 spiro atoms. The molecule has 5 aromatic rings. The third kappa shape index (κ3) is 5.75. The van der Waals surface area contributed by atoms with E-state index in [1.54, 1.807) is 66.5 Å². The van der Waals surface area contributed by atoms with Crippen molar-refractivity contribution in [3.8, 4) is 0 Å². The van der Waals surface area contributed by atoms with Crippen molar-refractivity contribution in [2.45, 2.75) is 26.6 Å². The van der Waals surface area contributed by atoms with E-state index < -0.39 is 17.8 Å². The standard InChI is InChI=1S/C27H20BrF3N6O2S/c1-14-23(34-25(39)20-12-22(27(29,30)31)33-21-8-7-18(28)11-19(20)21)15(2)37(36-14)13-16-3-5-17(6-4-16)24(38)35-26-32-9-10-40-26/h3-12H,13H2,1-2H3,(H,34,39)(H,32,35,38). The van der Waals surface area contributed by atoms with Crippen LogP contribution in [0.1, 0.15) is 43.4 Å². The van der Waals surface area contributed by atoms with Crippen molar-refractivity contribution in [1.29, 1.82) is 0 Å². The maximum Gasteiger partial charge on any atom is 0.433 e. The smallest absolute Gasteiger partial charge is 0.319 e. The molecule has 0 atom stereocenters. The number of anilines is 2. The molecule has 2 aromatic carbocycles. The zero-order valence-electron chi connectivity index (χ0n) is 21.0. The van der Waals surface area contributed by atoms with E-state index in [2.05, 4.69) is 41.6 Å². The molecule has 40 heavy (non-hydrogen) atoms. The average molecular weight is 629 g/mol. The molecule has 3 heterocycles. The van der Waals surface area contributed by atoms with Crippen LogP contribution in [0.25, 0.3) is 10.9 Å². The highest BCUT2D eigenvalue weighted by Gasteiger charge is 2.34. The molecular formula is C27H20BrF3N6O2S. The number of nitrogens with one attached hydrogen (secondary N) is 2. The summed E-state index contributed by atoms with van der Waals surface area (Å²) in [6.45, 7) is 3.81. The normalized spacial score (nSPS) is 11.6. The van der Waals surface area contributed by atoms with Crippen molar-refractivity contribution in [3.05, 3.63) is 98.4 Å². The fraction of sp³-hybridized carbons (Fsp3) is 0.148. The Kier molecular flexibility index (Phi) is 7.43. The van der Waals surface area contributed by atoms with E-state index in [-0.39, 0.29) is 22.4 Å². The highest BCUT2D eigenvalue weighted by molar-refractivity contribution is 9.10. The molecule has 13 heteroatoms. The third-order valence-electron chi connectivity index (χ3n) is 6.13. The predicted octanol–water partition coefficient (Wildman–Crippen LogP) is 6.84.